The first-order valence-electron chi connectivity index (χ1n) is 8.57. The van der Waals surface area contributed by atoms with Crippen LogP contribution in [-0.4, -0.2) is 28.5 Å². The maximum absolute atomic E-state index is 12.8. The van der Waals surface area contributed by atoms with Crippen molar-refractivity contribution in [1.29, 1.82) is 0 Å². The van der Waals surface area contributed by atoms with Crippen molar-refractivity contribution < 1.29 is 19.5 Å². The van der Waals surface area contributed by atoms with Crippen molar-refractivity contribution in [3.05, 3.63) is 65.2 Å². The van der Waals surface area contributed by atoms with Gasteiger partial charge in [0.2, 0.25) is 5.91 Å². The fourth-order valence-corrected chi connectivity index (χ4v) is 3.09. The number of hydrogen-bond donors (Lipinski definition) is 2. The van der Waals surface area contributed by atoms with E-state index in [0.29, 0.717) is 24.5 Å². The number of carbonyl (C=O) groups excluding carboxylic acids is 2. The molecule has 0 spiro atoms. The molecule has 1 heterocycles. The van der Waals surface area contributed by atoms with Crippen LogP contribution in [0.3, 0.4) is 0 Å². The zero-order valence-electron chi connectivity index (χ0n) is 15.3. The van der Waals surface area contributed by atoms with E-state index in [2.05, 4.69) is 0 Å². The number of nitrogens with zero attached hydrogens (tertiary/aromatic N) is 1. The second kappa shape index (κ2) is 8.92. The molecule has 0 fully saturated rings. The average Bonchev–Trinajstić information content (AvgIpc) is 2.86. The maximum Gasteiger partial charge on any atom is 0.274 e. The topological polar surface area (TPSA) is 78.9 Å². The van der Waals surface area contributed by atoms with Gasteiger partial charge in [-0.2, -0.15) is 13.5 Å². The summed E-state index contributed by atoms with van der Waals surface area (Å²) in [5.74, 6) is -0.142. The third kappa shape index (κ3) is 4.43. The molecule has 0 unspecified atom stereocenters. The average molecular weight is 388 g/mol. The van der Waals surface area contributed by atoms with Crippen LogP contribution < -0.4 is 10.2 Å². The van der Waals surface area contributed by atoms with Gasteiger partial charge in [-0.15, -0.1) is 0 Å². The normalized spacial score (nSPS) is 15.9. The number of benzene rings is 2. The fraction of sp³-hybridized carbons (Fsp3) is 0.300. The second-order valence-electron chi connectivity index (χ2n) is 6.62. The Kier molecular flexibility index (Phi) is 6.87. The minimum atomic E-state index is -0.602. The van der Waals surface area contributed by atoms with E-state index < -0.39 is 5.91 Å². The SMILES string of the molecule is CC(C)C(=O)N1Cc2ccc(C(=O)NO)cc2OC[C@@H]1c1ccccc1.S. The molecule has 7 heteroatoms. The van der Waals surface area contributed by atoms with E-state index >= 15 is 0 Å². The van der Waals surface area contributed by atoms with Crippen LogP contribution in [0.4, 0.5) is 0 Å². The Morgan fingerprint density at radius 3 is 2.52 bits per heavy atom. The standard InChI is InChI=1S/C20H22N2O4.H2S/c1-13(2)20(24)22-11-16-9-8-15(19(23)21-25)10-18(16)26-12-17(22)14-6-4-3-5-7-14;/h3-10,13,17,25H,11-12H2,1-2H3,(H,21,23);1H2/t17-;/m1./s1. The van der Waals surface area contributed by atoms with E-state index in [1.54, 1.807) is 23.7 Å². The van der Waals surface area contributed by atoms with Crippen LogP contribution in [0.2, 0.25) is 0 Å². The van der Waals surface area contributed by atoms with Crippen molar-refractivity contribution in [1.82, 2.24) is 10.4 Å². The lowest BCUT2D eigenvalue weighted by Crippen LogP contribution is -2.38. The molecule has 1 aliphatic heterocycles. The first kappa shape index (κ1) is 20.8. The highest BCUT2D eigenvalue weighted by molar-refractivity contribution is 7.59. The lowest BCUT2D eigenvalue weighted by Gasteiger charge is -2.31. The molecule has 0 aromatic heterocycles. The van der Waals surface area contributed by atoms with E-state index in [4.69, 9.17) is 9.94 Å². The summed E-state index contributed by atoms with van der Waals surface area (Å²) in [4.78, 5) is 26.3. The number of hydrogen-bond acceptors (Lipinski definition) is 4. The Hall–Kier alpha value is -2.51. The Labute approximate surface area is 165 Å². The van der Waals surface area contributed by atoms with Crippen molar-refractivity contribution in [3.8, 4) is 5.75 Å². The molecule has 27 heavy (non-hydrogen) atoms. The van der Waals surface area contributed by atoms with Crippen molar-refractivity contribution in [2.24, 2.45) is 5.92 Å². The van der Waals surface area contributed by atoms with Crippen LogP contribution in [0.1, 0.15) is 41.4 Å². The number of carbonyl (C=O) groups is 2. The molecule has 0 radical (unpaired) electrons. The molecule has 2 amide bonds. The molecule has 144 valence electrons. The van der Waals surface area contributed by atoms with Crippen LogP contribution in [0.5, 0.6) is 5.75 Å². The molecule has 2 aromatic carbocycles. The Morgan fingerprint density at radius 1 is 1.19 bits per heavy atom. The Morgan fingerprint density at radius 2 is 1.89 bits per heavy atom. The Balaban J connectivity index is 0.00000261. The summed E-state index contributed by atoms with van der Waals surface area (Å²) in [6.45, 7) is 4.45. The van der Waals surface area contributed by atoms with Crippen LogP contribution in [0.15, 0.2) is 48.5 Å². The van der Waals surface area contributed by atoms with Crippen LogP contribution >= 0.6 is 13.5 Å². The maximum atomic E-state index is 12.8. The first-order chi connectivity index (χ1) is 12.5. The van der Waals surface area contributed by atoms with E-state index in [9.17, 15) is 9.59 Å². The summed E-state index contributed by atoms with van der Waals surface area (Å²) in [5, 5.41) is 8.82. The van der Waals surface area contributed by atoms with Gasteiger partial charge in [0.05, 0.1) is 12.6 Å². The number of hydroxylamine groups is 1. The van der Waals surface area contributed by atoms with E-state index in [1.165, 1.54) is 0 Å². The van der Waals surface area contributed by atoms with Gasteiger partial charge in [-0.25, -0.2) is 5.48 Å². The monoisotopic (exact) mass is 388 g/mol. The molecular formula is C20H24N2O4S. The highest BCUT2D eigenvalue weighted by Gasteiger charge is 2.31. The number of rotatable bonds is 3. The molecule has 6 nitrogen and oxygen atoms in total. The van der Waals surface area contributed by atoms with Gasteiger partial charge in [0.1, 0.15) is 12.4 Å². The summed E-state index contributed by atoms with van der Waals surface area (Å²) in [6, 6.07) is 14.5. The minimum absolute atomic E-state index is 0. The number of fused-ring (bicyclic) bond motifs is 1. The molecule has 3 rings (SSSR count). The molecule has 0 saturated heterocycles. The fourth-order valence-electron chi connectivity index (χ4n) is 3.09. The van der Waals surface area contributed by atoms with Crippen LogP contribution in [-0.2, 0) is 11.3 Å². The smallest absolute Gasteiger partial charge is 0.274 e. The molecule has 0 bridgehead atoms. The highest BCUT2D eigenvalue weighted by atomic mass is 32.1. The molecule has 0 saturated carbocycles. The third-order valence-electron chi connectivity index (χ3n) is 4.51. The highest BCUT2D eigenvalue weighted by Crippen LogP contribution is 2.33. The van der Waals surface area contributed by atoms with Crippen molar-refractivity contribution >= 4 is 25.3 Å². The van der Waals surface area contributed by atoms with Gasteiger partial charge in [0.15, 0.2) is 0 Å². The zero-order chi connectivity index (χ0) is 18.7. The quantitative estimate of drug-likeness (QED) is 0.626. The summed E-state index contributed by atoms with van der Waals surface area (Å²) in [7, 11) is 0. The van der Waals surface area contributed by atoms with Gasteiger partial charge >= 0.3 is 0 Å². The lowest BCUT2D eigenvalue weighted by molar-refractivity contribution is -0.138. The van der Waals surface area contributed by atoms with Gasteiger partial charge in [-0.05, 0) is 17.7 Å². The van der Waals surface area contributed by atoms with Crippen molar-refractivity contribution in [2.45, 2.75) is 26.4 Å². The number of ether oxygens (including phenoxy) is 1. The summed E-state index contributed by atoms with van der Waals surface area (Å²) < 4.78 is 5.96. The number of amides is 2. The van der Waals surface area contributed by atoms with Gasteiger partial charge < -0.3 is 9.64 Å². The molecule has 1 aliphatic rings. The first-order valence-corrected chi connectivity index (χ1v) is 8.57. The van der Waals surface area contributed by atoms with Gasteiger partial charge in [-0.1, -0.05) is 50.2 Å². The van der Waals surface area contributed by atoms with E-state index in [-0.39, 0.29) is 31.4 Å². The largest absolute Gasteiger partial charge is 0.491 e. The summed E-state index contributed by atoms with van der Waals surface area (Å²) in [6.07, 6.45) is 0. The van der Waals surface area contributed by atoms with Gasteiger partial charge in [-0.3, -0.25) is 14.8 Å². The zero-order valence-corrected chi connectivity index (χ0v) is 16.3. The van der Waals surface area contributed by atoms with Crippen molar-refractivity contribution in [2.75, 3.05) is 6.61 Å². The molecule has 0 aliphatic carbocycles. The molecular weight excluding hydrogens is 364 g/mol. The predicted molar refractivity (Wildman–Crippen MR) is 106 cm³/mol. The number of nitrogens with one attached hydrogen (secondary N) is 1. The lowest BCUT2D eigenvalue weighted by atomic mass is 10.0. The third-order valence-corrected chi connectivity index (χ3v) is 4.51. The van der Waals surface area contributed by atoms with E-state index in [1.807, 2.05) is 49.1 Å². The molecule has 2 aromatic rings. The molecule has 2 N–H and O–H groups in total. The van der Waals surface area contributed by atoms with Crippen molar-refractivity contribution in [3.63, 3.8) is 0 Å². The minimum Gasteiger partial charge on any atom is -0.491 e. The van der Waals surface area contributed by atoms with E-state index in [0.717, 1.165) is 11.1 Å². The van der Waals surface area contributed by atoms with Gasteiger partial charge in [0.25, 0.3) is 5.91 Å². The Bertz CT molecular complexity index is 811. The summed E-state index contributed by atoms with van der Waals surface area (Å²) in [5.41, 5.74) is 3.75. The molecule has 1 atom stereocenters. The summed E-state index contributed by atoms with van der Waals surface area (Å²) >= 11 is 0. The van der Waals surface area contributed by atoms with Gasteiger partial charge in [0, 0.05) is 17.0 Å². The predicted octanol–water partition coefficient (Wildman–Crippen LogP) is 3.04. The van der Waals surface area contributed by atoms with Crippen LogP contribution in [0, 0.1) is 5.92 Å². The second-order valence-corrected chi connectivity index (χ2v) is 6.62. The van der Waals surface area contributed by atoms with Crippen LogP contribution in [0.25, 0.3) is 0 Å².